The predicted octanol–water partition coefficient (Wildman–Crippen LogP) is 2.85. The van der Waals surface area contributed by atoms with Gasteiger partial charge in [0.25, 0.3) is 0 Å². The summed E-state index contributed by atoms with van der Waals surface area (Å²) in [6.45, 7) is 1.98. The molecule has 2 rings (SSSR count). The molecular weight excluding hydrogens is 284 g/mol. The van der Waals surface area contributed by atoms with Gasteiger partial charge in [0.2, 0.25) is 0 Å². The van der Waals surface area contributed by atoms with E-state index in [1.807, 2.05) is 31.2 Å². The second-order valence-electron chi connectivity index (χ2n) is 4.62. The first-order chi connectivity index (χ1) is 10.5. The molecule has 0 saturated carbocycles. The van der Waals surface area contributed by atoms with Crippen LogP contribution in [-0.4, -0.2) is 23.8 Å². The molecule has 2 amide bonds. The molecule has 0 heterocycles. The van der Waals surface area contributed by atoms with E-state index in [0.29, 0.717) is 11.4 Å². The van der Waals surface area contributed by atoms with Crippen molar-refractivity contribution in [1.82, 2.24) is 5.32 Å². The van der Waals surface area contributed by atoms with Gasteiger partial charge in [-0.25, -0.2) is 9.59 Å². The third kappa shape index (κ3) is 4.52. The van der Waals surface area contributed by atoms with Crippen molar-refractivity contribution in [3.05, 3.63) is 59.7 Å². The zero-order valence-electron chi connectivity index (χ0n) is 12.0. The van der Waals surface area contributed by atoms with Crippen molar-refractivity contribution >= 4 is 17.7 Å². The van der Waals surface area contributed by atoms with Crippen LogP contribution in [-0.2, 0) is 0 Å². The van der Waals surface area contributed by atoms with Crippen LogP contribution in [0.2, 0.25) is 0 Å². The zero-order valence-corrected chi connectivity index (χ0v) is 12.0. The smallest absolute Gasteiger partial charge is 0.335 e. The monoisotopic (exact) mass is 300 g/mol. The fraction of sp³-hybridized carbons (Fsp3) is 0.125. The van der Waals surface area contributed by atoms with E-state index < -0.39 is 12.0 Å². The largest absolute Gasteiger partial charge is 0.478 e. The molecule has 0 spiro atoms. The Morgan fingerprint density at radius 3 is 2.55 bits per heavy atom. The quantitative estimate of drug-likeness (QED) is 0.741. The molecule has 3 N–H and O–H groups in total. The number of rotatable bonds is 5. The molecule has 6 heteroatoms. The van der Waals surface area contributed by atoms with Crippen LogP contribution in [0.3, 0.4) is 0 Å². The van der Waals surface area contributed by atoms with E-state index in [0.717, 1.165) is 5.56 Å². The van der Waals surface area contributed by atoms with Gasteiger partial charge in [-0.3, -0.25) is 0 Å². The normalized spacial score (nSPS) is 9.86. The minimum absolute atomic E-state index is 0.00746. The van der Waals surface area contributed by atoms with E-state index in [1.165, 1.54) is 12.1 Å². The number of urea groups is 1. The Kier molecular flexibility index (Phi) is 4.98. The van der Waals surface area contributed by atoms with E-state index in [1.54, 1.807) is 12.1 Å². The lowest BCUT2D eigenvalue weighted by Crippen LogP contribution is -2.32. The number of hydrogen-bond donors (Lipinski definition) is 3. The molecule has 0 aromatic heterocycles. The summed E-state index contributed by atoms with van der Waals surface area (Å²) in [5, 5.41) is 13.9. The van der Waals surface area contributed by atoms with Gasteiger partial charge in [0.05, 0.1) is 5.56 Å². The lowest BCUT2D eigenvalue weighted by Gasteiger charge is -2.10. The van der Waals surface area contributed by atoms with Crippen LogP contribution >= 0.6 is 0 Å². The maximum Gasteiger partial charge on any atom is 0.335 e. The molecule has 0 radical (unpaired) electrons. The molecule has 6 nitrogen and oxygen atoms in total. The summed E-state index contributed by atoms with van der Waals surface area (Å²) >= 11 is 0. The van der Waals surface area contributed by atoms with E-state index in [2.05, 4.69) is 10.6 Å². The highest BCUT2D eigenvalue weighted by Crippen LogP contribution is 2.11. The van der Waals surface area contributed by atoms with Gasteiger partial charge in [-0.15, -0.1) is 0 Å². The van der Waals surface area contributed by atoms with Gasteiger partial charge in [-0.05, 0) is 37.3 Å². The summed E-state index contributed by atoms with van der Waals surface area (Å²) in [6, 6.07) is 13.0. The molecule has 0 unspecified atom stereocenters. The van der Waals surface area contributed by atoms with Crippen molar-refractivity contribution in [2.45, 2.75) is 6.92 Å². The van der Waals surface area contributed by atoms with Crippen molar-refractivity contribution in [2.75, 3.05) is 12.0 Å². The van der Waals surface area contributed by atoms with Gasteiger partial charge in [0.15, 0.2) is 6.73 Å². The first kappa shape index (κ1) is 15.4. The Morgan fingerprint density at radius 1 is 1.14 bits per heavy atom. The van der Waals surface area contributed by atoms with Crippen molar-refractivity contribution in [2.24, 2.45) is 0 Å². The molecular formula is C16H16N2O4. The SMILES string of the molecule is Cc1ccc(OCNC(=O)Nc2cccc(C(=O)O)c2)cc1. The van der Waals surface area contributed by atoms with Crippen LogP contribution in [0.5, 0.6) is 5.75 Å². The molecule has 22 heavy (non-hydrogen) atoms. The van der Waals surface area contributed by atoms with Crippen molar-refractivity contribution in [3.63, 3.8) is 0 Å². The highest BCUT2D eigenvalue weighted by molar-refractivity contribution is 5.93. The molecule has 0 bridgehead atoms. The minimum atomic E-state index is -1.05. The third-order valence-electron chi connectivity index (χ3n) is 2.86. The Morgan fingerprint density at radius 2 is 1.86 bits per heavy atom. The standard InChI is InChI=1S/C16H16N2O4/c1-11-5-7-14(8-6-11)22-10-17-16(21)18-13-4-2-3-12(9-13)15(19)20/h2-9H,10H2,1H3,(H,19,20)(H2,17,18,21). The topological polar surface area (TPSA) is 87.7 Å². The summed E-state index contributed by atoms with van der Waals surface area (Å²) < 4.78 is 5.37. The summed E-state index contributed by atoms with van der Waals surface area (Å²) in [5.41, 5.74) is 1.62. The first-order valence-electron chi connectivity index (χ1n) is 6.62. The maximum atomic E-state index is 11.7. The van der Waals surface area contributed by atoms with E-state index in [4.69, 9.17) is 9.84 Å². The van der Waals surface area contributed by atoms with Gasteiger partial charge in [0, 0.05) is 5.69 Å². The summed E-state index contributed by atoms with van der Waals surface area (Å²) in [7, 11) is 0. The number of carboxylic acid groups (broad SMARTS) is 1. The number of hydrogen-bond acceptors (Lipinski definition) is 3. The average molecular weight is 300 g/mol. The Balaban J connectivity index is 1.81. The second kappa shape index (κ2) is 7.12. The van der Waals surface area contributed by atoms with E-state index in [-0.39, 0.29) is 12.3 Å². The summed E-state index contributed by atoms with van der Waals surface area (Å²) in [6.07, 6.45) is 0. The molecule has 2 aromatic carbocycles. The van der Waals surface area contributed by atoms with E-state index >= 15 is 0 Å². The molecule has 0 atom stereocenters. The van der Waals surface area contributed by atoms with E-state index in [9.17, 15) is 9.59 Å². The number of aryl methyl sites for hydroxylation is 1. The van der Waals surface area contributed by atoms with Crippen LogP contribution in [0.25, 0.3) is 0 Å². The van der Waals surface area contributed by atoms with Crippen molar-refractivity contribution in [3.8, 4) is 5.75 Å². The summed E-state index contributed by atoms with van der Waals surface area (Å²) in [5.74, 6) is -0.398. The van der Waals surface area contributed by atoms with Crippen LogP contribution in [0.4, 0.5) is 10.5 Å². The van der Waals surface area contributed by atoms with Gasteiger partial charge in [0.1, 0.15) is 5.75 Å². The number of carbonyl (C=O) groups is 2. The molecule has 0 saturated heterocycles. The molecule has 0 fully saturated rings. The first-order valence-corrected chi connectivity index (χ1v) is 6.62. The zero-order chi connectivity index (χ0) is 15.9. The second-order valence-corrected chi connectivity index (χ2v) is 4.62. The van der Waals surface area contributed by atoms with Crippen LogP contribution in [0.1, 0.15) is 15.9 Å². The highest BCUT2D eigenvalue weighted by Gasteiger charge is 2.05. The number of benzene rings is 2. The fourth-order valence-corrected chi connectivity index (χ4v) is 1.72. The van der Waals surface area contributed by atoms with Gasteiger partial charge in [-0.2, -0.15) is 0 Å². The predicted molar refractivity (Wildman–Crippen MR) is 82.2 cm³/mol. The number of anilines is 1. The highest BCUT2D eigenvalue weighted by atomic mass is 16.5. The molecule has 0 aliphatic rings. The fourth-order valence-electron chi connectivity index (χ4n) is 1.72. The number of aromatic carboxylic acids is 1. The molecule has 2 aromatic rings. The molecule has 0 aliphatic heterocycles. The maximum absolute atomic E-state index is 11.7. The van der Waals surface area contributed by atoms with Gasteiger partial charge < -0.3 is 20.5 Å². The van der Waals surface area contributed by atoms with Gasteiger partial charge in [-0.1, -0.05) is 23.8 Å². The number of ether oxygens (including phenoxy) is 1. The lowest BCUT2D eigenvalue weighted by molar-refractivity contribution is 0.0697. The Labute approximate surface area is 127 Å². The average Bonchev–Trinajstić information content (AvgIpc) is 2.49. The number of amides is 2. The molecule has 114 valence electrons. The lowest BCUT2D eigenvalue weighted by atomic mass is 10.2. The number of nitrogens with one attached hydrogen (secondary N) is 2. The third-order valence-corrected chi connectivity index (χ3v) is 2.86. The number of carboxylic acids is 1. The minimum Gasteiger partial charge on any atom is -0.478 e. The van der Waals surface area contributed by atoms with Crippen LogP contribution < -0.4 is 15.4 Å². The Hall–Kier alpha value is -3.02. The van der Waals surface area contributed by atoms with Crippen molar-refractivity contribution < 1.29 is 19.4 Å². The number of carbonyl (C=O) groups excluding carboxylic acids is 1. The molecule has 0 aliphatic carbocycles. The van der Waals surface area contributed by atoms with Crippen molar-refractivity contribution in [1.29, 1.82) is 0 Å². The Bertz CT molecular complexity index is 668. The summed E-state index contributed by atoms with van der Waals surface area (Å²) in [4.78, 5) is 22.5. The van der Waals surface area contributed by atoms with Crippen LogP contribution in [0, 0.1) is 6.92 Å². The van der Waals surface area contributed by atoms with Crippen LogP contribution in [0.15, 0.2) is 48.5 Å². The van der Waals surface area contributed by atoms with Gasteiger partial charge >= 0.3 is 12.0 Å².